The van der Waals surface area contributed by atoms with Gasteiger partial charge in [-0.1, -0.05) is 20.8 Å². The third-order valence-electron chi connectivity index (χ3n) is 4.01. The van der Waals surface area contributed by atoms with Crippen molar-refractivity contribution in [2.45, 2.75) is 40.5 Å². The Kier molecular flexibility index (Phi) is 7.97. The number of hydrogen-bond acceptors (Lipinski definition) is 2. The second kappa shape index (κ2) is 9.22. The van der Waals surface area contributed by atoms with E-state index in [0.29, 0.717) is 0 Å². The highest BCUT2D eigenvalue weighted by atomic mass is 15.3. The topological polar surface area (TPSA) is 30.9 Å². The zero-order valence-electron chi connectivity index (χ0n) is 14.2. The van der Waals surface area contributed by atoms with Crippen LogP contribution in [0.15, 0.2) is 4.99 Å². The van der Waals surface area contributed by atoms with Gasteiger partial charge in [0.2, 0.25) is 0 Å². The Hall–Kier alpha value is -0.770. The summed E-state index contributed by atoms with van der Waals surface area (Å²) in [5.41, 5.74) is 0. The molecular formula is C16H34N4. The lowest BCUT2D eigenvalue weighted by molar-refractivity contribution is 0.361. The third-order valence-corrected chi connectivity index (χ3v) is 4.01. The van der Waals surface area contributed by atoms with E-state index in [2.05, 4.69) is 49.9 Å². The van der Waals surface area contributed by atoms with Crippen molar-refractivity contribution >= 4 is 5.96 Å². The fourth-order valence-corrected chi connectivity index (χ4v) is 2.79. The second-order valence-corrected chi connectivity index (χ2v) is 6.36. The van der Waals surface area contributed by atoms with Gasteiger partial charge in [0.15, 0.2) is 5.96 Å². The van der Waals surface area contributed by atoms with Crippen molar-refractivity contribution in [3.8, 4) is 0 Å². The van der Waals surface area contributed by atoms with Crippen LogP contribution in [0.25, 0.3) is 0 Å². The molecule has 0 saturated carbocycles. The molecule has 0 aromatic carbocycles. The van der Waals surface area contributed by atoms with Crippen LogP contribution >= 0.6 is 0 Å². The van der Waals surface area contributed by atoms with Gasteiger partial charge >= 0.3 is 0 Å². The highest BCUT2D eigenvalue weighted by Crippen LogP contribution is 2.23. The maximum absolute atomic E-state index is 4.79. The molecule has 1 atom stereocenters. The van der Waals surface area contributed by atoms with Gasteiger partial charge in [-0.2, -0.15) is 0 Å². The molecule has 1 rings (SSSR count). The molecule has 1 saturated heterocycles. The monoisotopic (exact) mass is 282 g/mol. The summed E-state index contributed by atoms with van der Waals surface area (Å²) in [4.78, 5) is 9.54. The van der Waals surface area contributed by atoms with Crippen LogP contribution in [0.1, 0.15) is 40.5 Å². The van der Waals surface area contributed by atoms with E-state index in [-0.39, 0.29) is 0 Å². The number of likely N-dealkylation sites (tertiary alicyclic amines) is 1. The smallest absolute Gasteiger partial charge is 0.193 e. The molecule has 1 fully saturated rings. The highest BCUT2D eigenvalue weighted by molar-refractivity contribution is 5.80. The van der Waals surface area contributed by atoms with Crippen LogP contribution in [-0.4, -0.2) is 62.1 Å². The molecule has 20 heavy (non-hydrogen) atoms. The Morgan fingerprint density at radius 3 is 2.75 bits per heavy atom. The first-order valence-electron chi connectivity index (χ1n) is 8.28. The first-order chi connectivity index (χ1) is 9.56. The molecule has 1 aliphatic heterocycles. The molecule has 0 bridgehead atoms. The Labute approximate surface area is 125 Å². The molecule has 4 nitrogen and oxygen atoms in total. The average molecular weight is 282 g/mol. The summed E-state index contributed by atoms with van der Waals surface area (Å²) in [6.45, 7) is 15.3. The SMILES string of the molecule is CCNC(=NCCN(C)CC)N1CCC(CC(C)C)C1. The fourth-order valence-electron chi connectivity index (χ4n) is 2.79. The predicted molar refractivity (Wildman–Crippen MR) is 88.3 cm³/mol. The predicted octanol–water partition coefficient (Wildman–Crippen LogP) is 2.27. The summed E-state index contributed by atoms with van der Waals surface area (Å²) in [5.74, 6) is 2.76. The van der Waals surface area contributed by atoms with E-state index in [1.807, 2.05) is 0 Å². The number of nitrogens with one attached hydrogen (secondary N) is 1. The minimum absolute atomic E-state index is 0.803. The van der Waals surface area contributed by atoms with E-state index in [0.717, 1.165) is 50.5 Å². The number of nitrogens with zero attached hydrogens (tertiary/aromatic N) is 3. The van der Waals surface area contributed by atoms with Crippen LogP contribution in [-0.2, 0) is 0 Å². The van der Waals surface area contributed by atoms with Gasteiger partial charge in [-0.05, 0) is 45.2 Å². The minimum atomic E-state index is 0.803. The first-order valence-corrected chi connectivity index (χ1v) is 8.28. The summed E-state index contributed by atoms with van der Waals surface area (Å²) < 4.78 is 0. The van der Waals surface area contributed by atoms with Crippen molar-refractivity contribution in [2.24, 2.45) is 16.8 Å². The first kappa shape index (κ1) is 17.3. The lowest BCUT2D eigenvalue weighted by Gasteiger charge is -2.22. The van der Waals surface area contributed by atoms with Gasteiger partial charge in [0.25, 0.3) is 0 Å². The van der Waals surface area contributed by atoms with Gasteiger partial charge in [-0.15, -0.1) is 0 Å². The molecule has 1 aliphatic rings. The van der Waals surface area contributed by atoms with Gasteiger partial charge in [0.1, 0.15) is 0 Å². The molecule has 0 amide bonds. The molecule has 0 radical (unpaired) electrons. The largest absolute Gasteiger partial charge is 0.357 e. The molecule has 1 unspecified atom stereocenters. The van der Waals surface area contributed by atoms with Crippen molar-refractivity contribution < 1.29 is 0 Å². The van der Waals surface area contributed by atoms with Crippen molar-refractivity contribution in [3.05, 3.63) is 0 Å². The summed E-state index contributed by atoms with van der Waals surface area (Å²) in [6.07, 6.45) is 2.66. The summed E-state index contributed by atoms with van der Waals surface area (Å²) in [6, 6.07) is 0. The number of guanidine groups is 1. The molecule has 0 aliphatic carbocycles. The van der Waals surface area contributed by atoms with E-state index in [4.69, 9.17) is 4.99 Å². The van der Waals surface area contributed by atoms with E-state index in [1.165, 1.54) is 19.4 Å². The van der Waals surface area contributed by atoms with E-state index >= 15 is 0 Å². The lowest BCUT2D eigenvalue weighted by Crippen LogP contribution is -2.40. The Bertz CT molecular complexity index is 288. The standard InChI is InChI=1S/C16H34N4/c1-6-17-16(18-9-11-19(5)7-2)20-10-8-15(13-20)12-14(3)4/h14-15H,6-13H2,1-5H3,(H,17,18). The molecule has 0 aromatic rings. The molecule has 118 valence electrons. The van der Waals surface area contributed by atoms with Gasteiger partial charge in [0.05, 0.1) is 6.54 Å². The molecule has 0 aromatic heterocycles. The number of rotatable bonds is 7. The average Bonchev–Trinajstić information content (AvgIpc) is 2.85. The van der Waals surface area contributed by atoms with Crippen LogP contribution in [0, 0.1) is 11.8 Å². The normalized spacial score (nSPS) is 20.2. The van der Waals surface area contributed by atoms with Gasteiger partial charge in [0, 0.05) is 26.2 Å². The van der Waals surface area contributed by atoms with Crippen molar-refractivity contribution in [2.75, 3.05) is 46.3 Å². The second-order valence-electron chi connectivity index (χ2n) is 6.36. The quantitative estimate of drug-likeness (QED) is 0.574. The fraction of sp³-hybridized carbons (Fsp3) is 0.938. The minimum Gasteiger partial charge on any atom is -0.357 e. The molecular weight excluding hydrogens is 248 g/mol. The summed E-state index contributed by atoms with van der Waals surface area (Å²) in [7, 11) is 2.15. The maximum atomic E-state index is 4.79. The van der Waals surface area contributed by atoms with Gasteiger partial charge < -0.3 is 15.1 Å². The van der Waals surface area contributed by atoms with Crippen molar-refractivity contribution in [1.82, 2.24) is 15.1 Å². The van der Waals surface area contributed by atoms with Crippen LogP contribution in [0.4, 0.5) is 0 Å². The van der Waals surface area contributed by atoms with Crippen LogP contribution in [0.3, 0.4) is 0 Å². The van der Waals surface area contributed by atoms with Crippen molar-refractivity contribution in [1.29, 1.82) is 0 Å². The van der Waals surface area contributed by atoms with Gasteiger partial charge in [-0.25, -0.2) is 0 Å². The van der Waals surface area contributed by atoms with Crippen LogP contribution < -0.4 is 5.32 Å². The zero-order valence-corrected chi connectivity index (χ0v) is 14.2. The lowest BCUT2D eigenvalue weighted by atomic mass is 9.97. The van der Waals surface area contributed by atoms with Crippen molar-refractivity contribution in [3.63, 3.8) is 0 Å². The van der Waals surface area contributed by atoms with E-state index in [1.54, 1.807) is 0 Å². The Balaban J connectivity index is 2.47. The highest BCUT2D eigenvalue weighted by Gasteiger charge is 2.25. The number of aliphatic imine (C=N–C) groups is 1. The Morgan fingerprint density at radius 1 is 1.40 bits per heavy atom. The zero-order chi connectivity index (χ0) is 15.0. The maximum Gasteiger partial charge on any atom is 0.193 e. The number of likely N-dealkylation sites (N-methyl/N-ethyl adjacent to an activating group) is 1. The molecule has 4 heteroatoms. The third kappa shape index (κ3) is 6.12. The molecule has 1 N–H and O–H groups in total. The van der Waals surface area contributed by atoms with Crippen LogP contribution in [0.5, 0.6) is 0 Å². The Morgan fingerprint density at radius 2 is 2.15 bits per heavy atom. The molecule has 1 heterocycles. The van der Waals surface area contributed by atoms with E-state index in [9.17, 15) is 0 Å². The summed E-state index contributed by atoms with van der Waals surface area (Å²) in [5, 5.41) is 3.45. The van der Waals surface area contributed by atoms with Crippen LogP contribution in [0.2, 0.25) is 0 Å². The summed E-state index contributed by atoms with van der Waals surface area (Å²) >= 11 is 0. The molecule has 0 spiro atoms. The van der Waals surface area contributed by atoms with E-state index < -0.39 is 0 Å². The number of hydrogen-bond donors (Lipinski definition) is 1. The van der Waals surface area contributed by atoms with Gasteiger partial charge in [-0.3, -0.25) is 4.99 Å².